The van der Waals surface area contributed by atoms with Crippen LogP contribution in [0.4, 0.5) is 0 Å². The van der Waals surface area contributed by atoms with Gasteiger partial charge in [-0.3, -0.25) is 0 Å². The minimum atomic E-state index is 1.01. The summed E-state index contributed by atoms with van der Waals surface area (Å²) in [6.45, 7) is 6.53. The molecule has 0 radical (unpaired) electrons. The predicted octanol–water partition coefficient (Wildman–Crippen LogP) is 5.34. The van der Waals surface area contributed by atoms with Gasteiger partial charge in [0.15, 0.2) is 0 Å². The van der Waals surface area contributed by atoms with Crippen LogP contribution in [0.25, 0.3) is 0 Å². The van der Waals surface area contributed by atoms with Crippen molar-refractivity contribution in [2.75, 3.05) is 0 Å². The summed E-state index contributed by atoms with van der Waals surface area (Å²) >= 11 is 0. The molecule has 0 saturated heterocycles. The van der Waals surface area contributed by atoms with Crippen LogP contribution in [0.1, 0.15) is 71.1 Å². The van der Waals surface area contributed by atoms with Crippen molar-refractivity contribution >= 4 is 0 Å². The summed E-state index contributed by atoms with van der Waals surface area (Å²) in [6.07, 6.45) is 14.5. The summed E-state index contributed by atoms with van der Waals surface area (Å²) in [5, 5.41) is 0. The highest BCUT2D eigenvalue weighted by Crippen LogP contribution is 2.35. The molecular weight excluding hydrogens is 192 g/mol. The largest absolute Gasteiger partial charge is 0.0999 e. The molecule has 0 aromatic carbocycles. The molecule has 0 nitrogen and oxygen atoms in total. The Hall–Kier alpha value is -0.260. The second-order valence-corrected chi connectivity index (χ2v) is 6.40. The van der Waals surface area contributed by atoms with Crippen molar-refractivity contribution < 1.29 is 0 Å². The van der Waals surface area contributed by atoms with Crippen LogP contribution in [0.15, 0.2) is 12.2 Å². The van der Waals surface area contributed by atoms with Gasteiger partial charge < -0.3 is 0 Å². The molecule has 0 aliphatic heterocycles. The lowest BCUT2D eigenvalue weighted by Crippen LogP contribution is -2.15. The van der Waals surface area contributed by atoms with Crippen LogP contribution in [0.3, 0.4) is 0 Å². The quantitative estimate of drug-likeness (QED) is 0.563. The fourth-order valence-electron chi connectivity index (χ4n) is 3.46. The van der Waals surface area contributed by atoms with Crippen LogP contribution < -0.4 is 0 Å². The lowest BCUT2D eigenvalue weighted by Gasteiger charge is -2.29. The molecule has 0 N–H and O–H groups in total. The SMILES string of the molecule is C=C1CCC(CCC2CCC(C)CC2)CC1. The highest BCUT2D eigenvalue weighted by atomic mass is 14.3. The Morgan fingerprint density at radius 2 is 1.38 bits per heavy atom. The maximum atomic E-state index is 4.11. The Morgan fingerprint density at radius 1 is 0.875 bits per heavy atom. The van der Waals surface area contributed by atoms with Crippen molar-refractivity contribution in [3.8, 4) is 0 Å². The van der Waals surface area contributed by atoms with Gasteiger partial charge in [0.1, 0.15) is 0 Å². The van der Waals surface area contributed by atoms with E-state index in [1.54, 1.807) is 0 Å². The van der Waals surface area contributed by atoms with Gasteiger partial charge in [-0.15, -0.1) is 0 Å². The molecule has 0 spiro atoms. The Kier molecular flexibility index (Phi) is 4.49. The third kappa shape index (κ3) is 3.64. The van der Waals surface area contributed by atoms with Gasteiger partial charge in [-0.2, -0.15) is 0 Å². The van der Waals surface area contributed by atoms with E-state index in [1.807, 2.05) is 0 Å². The fourth-order valence-corrected chi connectivity index (χ4v) is 3.46. The third-order valence-electron chi connectivity index (χ3n) is 4.93. The van der Waals surface area contributed by atoms with Crippen LogP contribution in [0, 0.1) is 17.8 Å². The summed E-state index contributed by atoms with van der Waals surface area (Å²) in [4.78, 5) is 0. The average Bonchev–Trinajstić information content (AvgIpc) is 2.30. The molecule has 2 aliphatic carbocycles. The lowest BCUT2D eigenvalue weighted by atomic mass is 9.77. The maximum Gasteiger partial charge on any atom is -0.0320 e. The summed E-state index contributed by atoms with van der Waals surface area (Å²) in [5.41, 5.74) is 1.50. The number of hydrogen-bond acceptors (Lipinski definition) is 0. The first kappa shape index (κ1) is 12.2. The smallest absolute Gasteiger partial charge is 0.0320 e. The molecule has 0 amide bonds. The molecule has 0 heterocycles. The van der Waals surface area contributed by atoms with E-state index in [9.17, 15) is 0 Å². The van der Waals surface area contributed by atoms with Crippen molar-refractivity contribution in [2.45, 2.75) is 71.1 Å². The molecule has 0 atom stereocenters. The van der Waals surface area contributed by atoms with Crippen LogP contribution in [0.5, 0.6) is 0 Å². The second-order valence-electron chi connectivity index (χ2n) is 6.40. The zero-order valence-corrected chi connectivity index (χ0v) is 11.0. The van der Waals surface area contributed by atoms with Crippen molar-refractivity contribution in [1.29, 1.82) is 0 Å². The molecule has 2 aliphatic rings. The van der Waals surface area contributed by atoms with Crippen LogP contribution in [-0.2, 0) is 0 Å². The van der Waals surface area contributed by atoms with Crippen LogP contribution >= 0.6 is 0 Å². The maximum absolute atomic E-state index is 4.11. The van der Waals surface area contributed by atoms with E-state index < -0.39 is 0 Å². The minimum Gasteiger partial charge on any atom is -0.0999 e. The highest BCUT2D eigenvalue weighted by Gasteiger charge is 2.21. The Morgan fingerprint density at radius 3 is 1.94 bits per heavy atom. The molecule has 0 unspecified atom stereocenters. The summed E-state index contributed by atoms with van der Waals surface area (Å²) in [7, 11) is 0. The van der Waals surface area contributed by atoms with Crippen molar-refractivity contribution in [2.24, 2.45) is 17.8 Å². The number of hydrogen-bond donors (Lipinski definition) is 0. The van der Waals surface area contributed by atoms with E-state index in [4.69, 9.17) is 0 Å². The predicted molar refractivity (Wildman–Crippen MR) is 71.5 cm³/mol. The van der Waals surface area contributed by atoms with Crippen molar-refractivity contribution in [3.05, 3.63) is 12.2 Å². The standard InChI is InChI=1S/C16H28/c1-13-3-7-15(8-4-13)11-12-16-9-5-14(2)6-10-16/h14-16H,1,3-12H2,2H3. The van der Waals surface area contributed by atoms with E-state index in [0.717, 1.165) is 17.8 Å². The van der Waals surface area contributed by atoms with Gasteiger partial charge in [0.05, 0.1) is 0 Å². The lowest BCUT2D eigenvalue weighted by molar-refractivity contribution is 0.250. The molecule has 2 saturated carbocycles. The van der Waals surface area contributed by atoms with Gasteiger partial charge in [0.25, 0.3) is 0 Å². The third-order valence-corrected chi connectivity index (χ3v) is 4.93. The molecule has 0 heteroatoms. The van der Waals surface area contributed by atoms with Gasteiger partial charge >= 0.3 is 0 Å². The average molecular weight is 220 g/mol. The van der Waals surface area contributed by atoms with E-state index in [2.05, 4.69) is 13.5 Å². The van der Waals surface area contributed by atoms with Crippen molar-refractivity contribution in [3.63, 3.8) is 0 Å². The fraction of sp³-hybridized carbons (Fsp3) is 0.875. The Labute approximate surface area is 102 Å². The van der Waals surface area contributed by atoms with Crippen molar-refractivity contribution in [1.82, 2.24) is 0 Å². The minimum absolute atomic E-state index is 1.01. The topological polar surface area (TPSA) is 0 Å². The van der Waals surface area contributed by atoms with Crippen LogP contribution in [0.2, 0.25) is 0 Å². The van der Waals surface area contributed by atoms with E-state index in [1.165, 1.54) is 69.8 Å². The van der Waals surface area contributed by atoms with Crippen LogP contribution in [-0.4, -0.2) is 0 Å². The van der Waals surface area contributed by atoms with E-state index >= 15 is 0 Å². The summed E-state index contributed by atoms with van der Waals surface area (Å²) in [5.74, 6) is 3.11. The first-order chi connectivity index (χ1) is 7.74. The number of allylic oxidation sites excluding steroid dienone is 1. The summed E-state index contributed by atoms with van der Waals surface area (Å²) in [6, 6.07) is 0. The highest BCUT2D eigenvalue weighted by molar-refractivity contribution is 4.98. The zero-order chi connectivity index (χ0) is 11.4. The summed E-state index contributed by atoms with van der Waals surface area (Å²) < 4.78 is 0. The molecule has 2 fully saturated rings. The van der Waals surface area contributed by atoms with Gasteiger partial charge in [0.2, 0.25) is 0 Å². The molecule has 0 bridgehead atoms. The molecule has 0 aromatic rings. The monoisotopic (exact) mass is 220 g/mol. The molecule has 92 valence electrons. The van der Waals surface area contributed by atoms with E-state index in [-0.39, 0.29) is 0 Å². The second kappa shape index (κ2) is 5.89. The number of rotatable bonds is 3. The van der Waals surface area contributed by atoms with E-state index in [0.29, 0.717) is 0 Å². The Balaban J connectivity index is 1.62. The molecule has 0 aromatic heterocycles. The molecule has 2 rings (SSSR count). The molecule has 16 heavy (non-hydrogen) atoms. The molecular formula is C16H28. The Bertz CT molecular complexity index is 210. The van der Waals surface area contributed by atoms with Gasteiger partial charge in [-0.1, -0.05) is 57.6 Å². The van der Waals surface area contributed by atoms with Gasteiger partial charge in [-0.25, -0.2) is 0 Å². The normalized spacial score (nSPS) is 32.9. The zero-order valence-electron chi connectivity index (χ0n) is 11.0. The van der Waals surface area contributed by atoms with Gasteiger partial charge in [0, 0.05) is 0 Å². The van der Waals surface area contributed by atoms with Gasteiger partial charge in [-0.05, 0) is 43.4 Å². The first-order valence-corrected chi connectivity index (χ1v) is 7.40. The first-order valence-electron chi connectivity index (χ1n) is 7.40.